The fourth-order valence-electron chi connectivity index (χ4n) is 3.23. The average molecular weight is 349 g/mol. The van der Waals surface area contributed by atoms with Gasteiger partial charge in [0.2, 0.25) is 0 Å². The lowest BCUT2D eigenvalue weighted by Crippen LogP contribution is -2.46. The van der Waals surface area contributed by atoms with Gasteiger partial charge in [-0.2, -0.15) is 0 Å². The molecule has 24 heavy (non-hydrogen) atoms. The van der Waals surface area contributed by atoms with E-state index in [1.807, 2.05) is 17.0 Å². The summed E-state index contributed by atoms with van der Waals surface area (Å²) in [4.78, 5) is 18.7. The molecule has 0 bridgehead atoms. The van der Waals surface area contributed by atoms with Gasteiger partial charge >= 0.3 is 0 Å². The molecule has 1 aliphatic rings. The molecule has 1 aromatic heterocycles. The molecule has 0 saturated carbocycles. The van der Waals surface area contributed by atoms with E-state index in [9.17, 15) is 9.90 Å². The van der Waals surface area contributed by atoms with Crippen LogP contribution >= 0.6 is 11.6 Å². The summed E-state index contributed by atoms with van der Waals surface area (Å²) in [5.41, 5.74) is 0.656. The molecule has 2 heterocycles. The Balaban J connectivity index is 1.71. The Morgan fingerprint density at radius 1 is 1.38 bits per heavy atom. The number of carbonyl (C=O) groups excluding carboxylic acids is 1. The molecule has 0 spiro atoms. The summed E-state index contributed by atoms with van der Waals surface area (Å²) in [6.45, 7) is 0.794. The van der Waals surface area contributed by atoms with Crippen molar-refractivity contribution in [1.29, 1.82) is 0 Å². The number of ether oxygens (including phenoxy) is 1. The van der Waals surface area contributed by atoms with Gasteiger partial charge in [0.15, 0.2) is 6.61 Å². The van der Waals surface area contributed by atoms with Crippen LogP contribution in [0.4, 0.5) is 0 Å². The fraction of sp³-hybridized carbons (Fsp3) is 0.444. The lowest BCUT2D eigenvalue weighted by Gasteiger charge is -2.35. The van der Waals surface area contributed by atoms with Gasteiger partial charge in [-0.15, -0.1) is 0 Å². The van der Waals surface area contributed by atoms with Crippen LogP contribution in [0.25, 0.3) is 10.9 Å². The Kier molecular flexibility index (Phi) is 5.53. The molecule has 1 atom stereocenters. The van der Waals surface area contributed by atoms with Crippen LogP contribution in [0.15, 0.2) is 30.5 Å². The lowest BCUT2D eigenvalue weighted by atomic mass is 9.99. The first-order valence-electron chi connectivity index (χ1n) is 8.27. The first-order chi connectivity index (χ1) is 11.7. The molecule has 1 saturated heterocycles. The molecule has 128 valence electrons. The van der Waals surface area contributed by atoms with Gasteiger partial charge in [-0.1, -0.05) is 11.6 Å². The minimum atomic E-state index is -0.0489. The van der Waals surface area contributed by atoms with Crippen LogP contribution in [0.2, 0.25) is 5.02 Å². The van der Waals surface area contributed by atoms with Crippen LogP contribution in [0.5, 0.6) is 5.75 Å². The highest BCUT2D eigenvalue weighted by Crippen LogP contribution is 2.29. The van der Waals surface area contributed by atoms with Crippen LogP contribution in [-0.2, 0) is 4.79 Å². The summed E-state index contributed by atoms with van der Waals surface area (Å²) in [6, 6.07) is 7.30. The number of hydrogen-bond donors (Lipinski definition) is 1. The van der Waals surface area contributed by atoms with Gasteiger partial charge in [0.1, 0.15) is 11.3 Å². The van der Waals surface area contributed by atoms with E-state index in [1.54, 1.807) is 18.3 Å². The van der Waals surface area contributed by atoms with Crippen molar-refractivity contribution in [2.45, 2.75) is 31.7 Å². The molecule has 2 aromatic rings. The van der Waals surface area contributed by atoms with Crippen LogP contribution in [-0.4, -0.2) is 46.7 Å². The number of aliphatic hydroxyl groups is 1. The number of benzene rings is 1. The minimum Gasteiger partial charge on any atom is -0.481 e. The molecule has 1 amide bonds. The van der Waals surface area contributed by atoms with E-state index in [-0.39, 0.29) is 25.2 Å². The number of amides is 1. The van der Waals surface area contributed by atoms with Gasteiger partial charge in [-0.05, 0) is 49.9 Å². The Labute approximate surface area is 146 Å². The third kappa shape index (κ3) is 3.62. The highest BCUT2D eigenvalue weighted by atomic mass is 35.5. The number of aliphatic hydroxyl groups excluding tert-OH is 1. The zero-order chi connectivity index (χ0) is 16.9. The number of nitrogens with zero attached hydrogens (tertiary/aromatic N) is 2. The van der Waals surface area contributed by atoms with Gasteiger partial charge in [-0.3, -0.25) is 9.78 Å². The van der Waals surface area contributed by atoms with E-state index in [0.717, 1.165) is 31.2 Å². The minimum absolute atomic E-state index is 0.0325. The van der Waals surface area contributed by atoms with Crippen molar-refractivity contribution in [2.24, 2.45) is 0 Å². The van der Waals surface area contributed by atoms with Crippen LogP contribution in [0, 0.1) is 0 Å². The molecule has 5 nitrogen and oxygen atoms in total. The topological polar surface area (TPSA) is 62.7 Å². The second-order valence-electron chi connectivity index (χ2n) is 5.98. The molecule has 6 heteroatoms. The summed E-state index contributed by atoms with van der Waals surface area (Å²) < 4.78 is 5.74. The highest BCUT2D eigenvalue weighted by Gasteiger charge is 2.26. The second-order valence-corrected chi connectivity index (χ2v) is 6.39. The summed E-state index contributed by atoms with van der Waals surface area (Å²) in [7, 11) is 0. The SMILES string of the molecule is O=C(COc1ccc(Cl)c2cccnc12)N1CCCCC1CCO. The van der Waals surface area contributed by atoms with E-state index >= 15 is 0 Å². The van der Waals surface area contributed by atoms with E-state index in [4.69, 9.17) is 16.3 Å². The number of hydrogen-bond acceptors (Lipinski definition) is 4. The lowest BCUT2D eigenvalue weighted by molar-refractivity contribution is -0.137. The van der Waals surface area contributed by atoms with Gasteiger partial charge in [0.05, 0.1) is 5.02 Å². The molecule has 1 unspecified atom stereocenters. The van der Waals surface area contributed by atoms with Crippen molar-refractivity contribution in [3.63, 3.8) is 0 Å². The molecule has 0 radical (unpaired) electrons. The second kappa shape index (κ2) is 7.81. The van der Waals surface area contributed by atoms with Gasteiger partial charge in [-0.25, -0.2) is 0 Å². The number of piperidine rings is 1. The van der Waals surface area contributed by atoms with Crippen molar-refractivity contribution in [1.82, 2.24) is 9.88 Å². The molecule has 1 aromatic carbocycles. The standard InChI is InChI=1S/C18H21ClN2O3/c19-15-6-7-16(18-14(15)5-3-9-20-18)24-12-17(23)21-10-2-1-4-13(21)8-11-22/h3,5-7,9,13,22H,1-2,4,8,10-12H2. The highest BCUT2D eigenvalue weighted by molar-refractivity contribution is 6.35. The molecular formula is C18H21ClN2O3. The quantitative estimate of drug-likeness (QED) is 0.902. The van der Waals surface area contributed by atoms with Crippen molar-refractivity contribution < 1.29 is 14.6 Å². The Morgan fingerprint density at radius 3 is 3.08 bits per heavy atom. The summed E-state index contributed by atoms with van der Waals surface area (Å²) in [5, 5.41) is 10.6. The maximum Gasteiger partial charge on any atom is 0.260 e. The smallest absolute Gasteiger partial charge is 0.260 e. The predicted molar refractivity (Wildman–Crippen MR) is 93.3 cm³/mol. The van der Waals surface area contributed by atoms with Gasteiger partial charge in [0.25, 0.3) is 5.91 Å². The number of likely N-dealkylation sites (tertiary alicyclic amines) is 1. The van der Waals surface area contributed by atoms with Crippen molar-refractivity contribution >= 4 is 28.4 Å². The van der Waals surface area contributed by atoms with Crippen LogP contribution < -0.4 is 4.74 Å². The van der Waals surface area contributed by atoms with E-state index in [2.05, 4.69) is 4.98 Å². The number of halogens is 1. The zero-order valence-electron chi connectivity index (χ0n) is 13.4. The third-order valence-electron chi connectivity index (χ3n) is 4.44. The number of aromatic nitrogens is 1. The van der Waals surface area contributed by atoms with E-state index in [0.29, 0.717) is 22.7 Å². The summed E-state index contributed by atoms with van der Waals surface area (Å²) in [5.74, 6) is 0.506. The van der Waals surface area contributed by atoms with E-state index < -0.39 is 0 Å². The monoisotopic (exact) mass is 348 g/mol. The van der Waals surface area contributed by atoms with Crippen molar-refractivity contribution in [2.75, 3.05) is 19.8 Å². The number of carbonyl (C=O) groups is 1. The molecule has 1 aliphatic heterocycles. The maximum atomic E-state index is 12.5. The Morgan fingerprint density at radius 2 is 2.25 bits per heavy atom. The molecule has 1 N–H and O–H groups in total. The zero-order valence-corrected chi connectivity index (χ0v) is 14.2. The first kappa shape index (κ1) is 17.0. The maximum absolute atomic E-state index is 12.5. The molecular weight excluding hydrogens is 328 g/mol. The van der Waals surface area contributed by atoms with E-state index in [1.165, 1.54) is 0 Å². The third-order valence-corrected chi connectivity index (χ3v) is 4.77. The molecule has 1 fully saturated rings. The van der Waals surface area contributed by atoms with Crippen LogP contribution in [0.3, 0.4) is 0 Å². The van der Waals surface area contributed by atoms with Crippen molar-refractivity contribution in [3.05, 3.63) is 35.5 Å². The Bertz CT molecular complexity index is 720. The molecule has 0 aliphatic carbocycles. The van der Waals surface area contributed by atoms with Gasteiger partial charge < -0.3 is 14.7 Å². The van der Waals surface area contributed by atoms with Crippen LogP contribution in [0.1, 0.15) is 25.7 Å². The predicted octanol–water partition coefficient (Wildman–Crippen LogP) is 3.03. The fourth-order valence-corrected chi connectivity index (χ4v) is 3.44. The average Bonchev–Trinajstić information content (AvgIpc) is 2.62. The Hall–Kier alpha value is -1.85. The summed E-state index contributed by atoms with van der Waals surface area (Å²) in [6.07, 6.45) is 5.34. The molecule has 3 rings (SSSR count). The normalized spacial score (nSPS) is 17.9. The number of pyridine rings is 1. The largest absolute Gasteiger partial charge is 0.481 e. The first-order valence-corrected chi connectivity index (χ1v) is 8.65. The number of rotatable bonds is 5. The number of fused-ring (bicyclic) bond motifs is 1. The van der Waals surface area contributed by atoms with Crippen molar-refractivity contribution in [3.8, 4) is 5.75 Å². The van der Waals surface area contributed by atoms with Gasteiger partial charge in [0, 0.05) is 30.8 Å². The summed E-state index contributed by atoms with van der Waals surface area (Å²) >= 11 is 6.17.